The lowest BCUT2D eigenvalue weighted by Gasteiger charge is -2.33. The van der Waals surface area contributed by atoms with Gasteiger partial charge in [0.25, 0.3) is 10.2 Å². The van der Waals surface area contributed by atoms with Gasteiger partial charge in [-0.15, -0.1) is 0 Å². The molecule has 0 aromatic carbocycles. The largest absolute Gasteiger partial charge is 0.304 e. The summed E-state index contributed by atoms with van der Waals surface area (Å²) in [6.07, 6.45) is 5.57. The number of pyridine rings is 1. The van der Waals surface area contributed by atoms with Gasteiger partial charge in [-0.25, -0.2) is 4.98 Å². The molecular weight excluding hydrogens is 338 g/mol. The molecule has 1 fully saturated rings. The summed E-state index contributed by atoms with van der Waals surface area (Å²) in [6, 6.07) is 4.00. The van der Waals surface area contributed by atoms with Crippen LogP contribution in [0.15, 0.2) is 24.5 Å². The number of aromatic nitrogens is 3. The van der Waals surface area contributed by atoms with E-state index in [4.69, 9.17) is 0 Å². The smallest absolute Gasteiger partial charge is 0.281 e. The molecule has 2 aromatic heterocycles. The van der Waals surface area contributed by atoms with Gasteiger partial charge < -0.3 is 4.57 Å². The number of imidazole rings is 1. The molecule has 1 aliphatic rings. The van der Waals surface area contributed by atoms with Crippen molar-refractivity contribution in [2.24, 2.45) is 0 Å². The van der Waals surface area contributed by atoms with Crippen LogP contribution in [0.25, 0.3) is 5.69 Å². The molecule has 1 saturated heterocycles. The molecule has 136 valence electrons. The zero-order valence-electron chi connectivity index (χ0n) is 15.2. The molecule has 7 nitrogen and oxygen atoms in total. The van der Waals surface area contributed by atoms with Gasteiger partial charge >= 0.3 is 0 Å². The van der Waals surface area contributed by atoms with Gasteiger partial charge in [0.1, 0.15) is 5.82 Å². The molecule has 0 bridgehead atoms. The van der Waals surface area contributed by atoms with E-state index in [-0.39, 0.29) is 5.92 Å². The molecule has 25 heavy (non-hydrogen) atoms. The molecule has 3 heterocycles. The van der Waals surface area contributed by atoms with E-state index < -0.39 is 10.2 Å². The number of rotatable bonds is 4. The molecule has 2 aromatic rings. The molecule has 0 saturated carbocycles. The highest BCUT2D eigenvalue weighted by Crippen LogP contribution is 2.28. The van der Waals surface area contributed by atoms with E-state index in [1.165, 1.54) is 4.31 Å². The summed E-state index contributed by atoms with van der Waals surface area (Å²) >= 11 is 0. The van der Waals surface area contributed by atoms with Gasteiger partial charge in [0, 0.05) is 51.2 Å². The Morgan fingerprint density at radius 2 is 2.04 bits per heavy atom. The molecule has 0 N–H and O–H groups in total. The Morgan fingerprint density at radius 1 is 1.28 bits per heavy atom. The van der Waals surface area contributed by atoms with Crippen LogP contribution in [0.2, 0.25) is 0 Å². The van der Waals surface area contributed by atoms with E-state index in [1.54, 1.807) is 24.6 Å². The monoisotopic (exact) mass is 363 g/mol. The molecular formula is C17H25N5O2S. The second-order valence-electron chi connectivity index (χ2n) is 6.73. The first-order chi connectivity index (χ1) is 11.8. The second kappa shape index (κ2) is 6.86. The fourth-order valence-electron chi connectivity index (χ4n) is 3.31. The molecule has 0 aliphatic carbocycles. The average molecular weight is 363 g/mol. The van der Waals surface area contributed by atoms with Crippen LogP contribution in [0.4, 0.5) is 0 Å². The lowest BCUT2D eigenvalue weighted by molar-refractivity contribution is 0.296. The van der Waals surface area contributed by atoms with Crippen LogP contribution in [0, 0.1) is 13.8 Å². The Morgan fingerprint density at radius 3 is 2.68 bits per heavy atom. The van der Waals surface area contributed by atoms with Crippen molar-refractivity contribution in [2.45, 2.75) is 32.6 Å². The third kappa shape index (κ3) is 3.61. The van der Waals surface area contributed by atoms with Crippen molar-refractivity contribution in [3.63, 3.8) is 0 Å². The van der Waals surface area contributed by atoms with Crippen molar-refractivity contribution in [3.8, 4) is 5.69 Å². The standard InChI is InChI=1S/C17H25N5O2S/c1-13-11-22(14(2)19-13)16-7-8-18-17(10-16)15-6-5-9-21(12-15)25(23,24)20(3)4/h7-8,10-11,15H,5-6,9,12H2,1-4H3/t15-/m1/s1. The predicted octanol–water partition coefficient (Wildman–Crippen LogP) is 1.87. The maximum absolute atomic E-state index is 12.4. The van der Waals surface area contributed by atoms with Crippen molar-refractivity contribution in [3.05, 3.63) is 41.7 Å². The van der Waals surface area contributed by atoms with Crippen LogP contribution in [-0.4, -0.2) is 58.7 Å². The number of piperidine rings is 1. The summed E-state index contributed by atoms with van der Waals surface area (Å²) in [6.45, 7) is 4.98. The van der Waals surface area contributed by atoms with E-state index in [0.29, 0.717) is 13.1 Å². The van der Waals surface area contributed by atoms with Crippen LogP contribution in [0.3, 0.4) is 0 Å². The van der Waals surface area contributed by atoms with E-state index in [0.717, 1.165) is 35.7 Å². The Hall–Kier alpha value is -1.77. The second-order valence-corrected chi connectivity index (χ2v) is 8.87. The van der Waals surface area contributed by atoms with Crippen molar-refractivity contribution < 1.29 is 8.42 Å². The first-order valence-electron chi connectivity index (χ1n) is 8.45. The molecule has 3 rings (SSSR count). The average Bonchev–Trinajstić information content (AvgIpc) is 2.93. The molecule has 1 atom stereocenters. The van der Waals surface area contributed by atoms with Crippen LogP contribution >= 0.6 is 0 Å². The number of nitrogens with zero attached hydrogens (tertiary/aromatic N) is 5. The highest BCUT2D eigenvalue weighted by Gasteiger charge is 2.31. The highest BCUT2D eigenvalue weighted by atomic mass is 32.2. The lowest BCUT2D eigenvalue weighted by Crippen LogP contribution is -2.45. The number of hydrogen-bond donors (Lipinski definition) is 0. The van der Waals surface area contributed by atoms with Gasteiger partial charge in [-0.3, -0.25) is 4.98 Å². The van der Waals surface area contributed by atoms with Crippen LogP contribution < -0.4 is 0 Å². The minimum Gasteiger partial charge on any atom is -0.304 e. The van der Waals surface area contributed by atoms with Crippen molar-refractivity contribution in [1.29, 1.82) is 0 Å². The van der Waals surface area contributed by atoms with Crippen LogP contribution in [-0.2, 0) is 10.2 Å². The Balaban J connectivity index is 1.87. The van der Waals surface area contributed by atoms with Gasteiger partial charge in [-0.1, -0.05) is 0 Å². The quantitative estimate of drug-likeness (QED) is 0.831. The molecule has 0 radical (unpaired) electrons. The van der Waals surface area contributed by atoms with E-state index >= 15 is 0 Å². The minimum absolute atomic E-state index is 0.105. The van der Waals surface area contributed by atoms with Crippen molar-refractivity contribution >= 4 is 10.2 Å². The van der Waals surface area contributed by atoms with Crippen LogP contribution in [0.1, 0.15) is 36.0 Å². The summed E-state index contributed by atoms with van der Waals surface area (Å²) in [4.78, 5) is 8.96. The third-order valence-electron chi connectivity index (χ3n) is 4.64. The van der Waals surface area contributed by atoms with Gasteiger partial charge in [0.05, 0.1) is 11.4 Å². The summed E-state index contributed by atoms with van der Waals surface area (Å²) in [5, 5.41) is 0. The van der Waals surface area contributed by atoms with Crippen molar-refractivity contribution in [2.75, 3.05) is 27.2 Å². The number of hydrogen-bond acceptors (Lipinski definition) is 4. The maximum Gasteiger partial charge on any atom is 0.281 e. The topological polar surface area (TPSA) is 71.3 Å². The first kappa shape index (κ1) is 18.0. The molecule has 1 aliphatic heterocycles. The minimum atomic E-state index is -3.38. The SMILES string of the molecule is Cc1cn(-c2ccnc([C@@H]3CCCN(S(=O)(=O)N(C)C)C3)c2)c(C)n1. The molecule has 0 spiro atoms. The van der Waals surface area contributed by atoms with Crippen molar-refractivity contribution in [1.82, 2.24) is 23.1 Å². The van der Waals surface area contributed by atoms with Gasteiger partial charge in [-0.2, -0.15) is 17.0 Å². The zero-order chi connectivity index (χ0) is 18.2. The van der Waals surface area contributed by atoms with Gasteiger partial charge in [0.15, 0.2) is 0 Å². The van der Waals surface area contributed by atoms with Gasteiger partial charge in [-0.05, 0) is 38.8 Å². The molecule has 0 unspecified atom stereocenters. The lowest BCUT2D eigenvalue weighted by atomic mass is 9.95. The Kier molecular flexibility index (Phi) is 4.95. The fourth-order valence-corrected chi connectivity index (χ4v) is 4.50. The Labute approximate surface area is 149 Å². The van der Waals surface area contributed by atoms with Gasteiger partial charge in [0.2, 0.25) is 0 Å². The molecule has 0 amide bonds. The van der Waals surface area contributed by atoms with E-state index in [1.807, 2.05) is 36.7 Å². The summed E-state index contributed by atoms with van der Waals surface area (Å²) in [5.74, 6) is 1.03. The van der Waals surface area contributed by atoms with Crippen LogP contribution in [0.5, 0.6) is 0 Å². The maximum atomic E-state index is 12.4. The summed E-state index contributed by atoms with van der Waals surface area (Å²) in [7, 11) is -0.240. The fraction of sp³-hybridized carbons (Fsp3) is 0.529. The number of aryl methyl sites for hydroxylation is 2. The third-order valence-corrected chi connectivity index (χ3v) is 6.54. The van der Waals surface area contributed by atoms with E-state index in [9.17, 15) is 8.42 Å². The normalized spacial score (nSPS) is 19.5. The highest BCUT2D eigenvalue weighted by molar-refractivity contribution is 7.86. The first-order valence-corrected chi connectivity index (χ1v) is 9.85. The summed E-state index contributed by atoms with van der Waals surface area (Å²) in [5.41, 5.74) is 2.91. The zero-order valence-corrected chi connectivity index (χ0v) is 16.0. The summed E-state index contributed by atoms with van der Waals surface area (Å²) < 4.78 is 29.7. The Bertz CT molecular complexity index is 860. The van der Waals surface area contributed by atoms with E-state index in [2.05, 4.69) is 9.97 Å². The predicted molar refractivity (Wildman–Crippen MR) is 97.0 cm³/mol. The molecule has 8 heteroatoms.